The van der Waals surface area contributed by atoms with Crippen molar-refractivity contribution < 1.29 is 0 Å². The average molecular weight is 158 g/mol. The molecule has 0 saturated carbocycles. The van der Waals surface area contributed by atoms with E-state index in [1.807, 2.05) is 0 Å². The lowest BCUT2D eigenvalue weighted by atomic mass is 10.1. The lowest BCUT2D eigenvalue weighted by molar-refractivity contribution is 0.354. The van der Waals surface area contributed by atoms with Crippen LogP contribution in [0.3, 0.4) is 0 Å². The molecule has 2 aliphatic rings. The topological polar surface area (TPSA) is 6.48 Å². The average Bonchev–Trinajstić information content (AvgIpc) is 2.35. The van der Waals surface area contributed by atoms with E-state index in [2.05, 4.69) is 26.0 Å². The van der Waals surface area contributed by atoms with Crippen molar-refractivity contribution in [1.82, 2.24) is 9.57 Å². The fourth-order valence-corrected chi connectivity index (χ4v) is 2.69. The van der Waals surface area contributed by atoms with Gasteiger partial charge < -0.3 is 4.90 Å². The summed E-state index contributed by atoms with van der Waals surface area (Å²) in [5, 5.41) is 0. The summed E-state index contributed by atoms with van der Waals surface area (Å²) >= 11 is 0. The molecule has 2 aliphatic heterocycles. The highest BCUT2D eigenvalue weighted by atomic mass is 31.0. The maximum Gasteiger partial charge on any atom is 0.0297 e. The maximum atomic E-state index is 2.84. The number of fused-ring (bicyclic) bond motifs is 1. The van der Waals surface area contributed by atoms with Crippen LogP contribution in [0, 0.1) is 5.92 Å². The molecule has 3 heteroatoms. The Labute approximate surface area is 64.8 Å². The van der Waals surface area contributed by atoms with Gasteiger partial charge in [-0.25, -0.2) is 0 Å². The zero-order valence-corrected chi connectivity index (χ0v) is 7.61. The maximum absolute atomic E-state index is 2.84. The number of likely N-dealkylation sites (tertiary alicyclic amines) is 1. The molecule has 0 spiro atoms. The van der Waals surface area contributed by atoms with Gasteiger partial charge in [-0.2, -0.15) is 0 Å². The van der Waals surface area contributed by atoms with E-state index >= 15 is 0 Å². The Kier molecular flexibility index (Phi) is 1.71. The normalized spacial score (nSPS) is 42.6. The molecule has 10 heavy (non-hydrogen) atoms. The number of hydrogen-bond acceptors (Lipinski definition) is 2. The third-order valence-electron chi connectivity index (χ3n) is 2.77. The molecule has 0 aromatic heterocycles. The Hall–Kier alpha value is 0.350. The summed E-state index contributed by atoms with van der Waals surface area (Å²) < 4.78 is 2.42. The molecule has 2 nitrogen and oxygen atoms in total. The van der Waals surface area contributed by atoms with Crippen molar-refractivity contribution in [2.24, 2.45) is 5.92 Å². The van der Waals surface area contributed by atoms with Gasteiger partial charge in [-0.05, 0) is 19.4 Å². The second-order valence-electron chi connectivity index (χ2n) is 3.58. The molecular formula is C7H15N2P. The van der Waals surface area contributed by atoms with Crippen LogP contribution in [0.5, 0.6) is 0 Å². The fraction of sp³-hybridized carbons (Fsp3) is 1.00. The fourth-order valence-electron chi connectivity index (χ4n) is 2.20. The van der Waals surface area contributed by atoms with Crippen molar-refractivity contribution in [2.75, 3.05) is 26.7 Å². The van der Waals surface area contributed by atoms with Crippen molar-refractivity contribution in [3.8, 4) is 0 Å². The van der Waals surface area contributed by atoms with E-state index in [0.717, 1.165) is 12.0 Å². The van der Waals surface area contributed by atoms with Gasteiger partial charge in [0.15, 0.2) is 0 Å². The first-order valence-corrected chi connectivity index (χ1v) is 4.49. The Bertz CT molecular complexity index is 140. The van der Waals surface area contributed by atoms with Crippen LogP contribution in [0.15, 0.2) is 0 Å². The third-order valence-corrected chi connectivity index (χ3v) is 3.41. The van der Waals surface area contributed by atoms with Crippen molar-refractivity contribution in [1.29, 1.82) is 0 Å². The van der Waals surface area contributed by atoms with Gasteiger partial charge in [0, 0.05) is 25.7 Å². The first-order valence-electron chi connectivity index (χ1n) is 3.97. The summed E-state index contributed by atoms with van der Waals surface area (Å²) in [7, 11) is 5.06. The molecule has 0 aromatic carbocycles. The van der Waals surface area contributed by atoms with Gasteiger partial charge in [0.25, 0.3) is 0 Å². The second kappa shape index (κ2) is 2.44. The van der Waals surface area contributed by atoms with Crippen molar-refractivity contribution >= 4 is 9.39 Å². The number of nitrogens with zero attached hydrogens (tertiary/aromatic N) is 2. The van der Waals surface area contributed by atoms with Gasteiger partial charge in [-0.3, -0.25) is 4.67 Å². The zero-order valence-electron chi connectivity index (χ0n) is 6.45. The van der Waals surface area contributed by atoms with Crippen LogP contribution < -0.4 is 0 Å². The molecule has 2 rings (SSSR count). The minimum Gasteiger partial charge on any atom is -0.304 e. The lowest BCUT2D eigenvalue weighted by Crippen LogP contribution is -2.26. The van der Waals surface area contributed by atoms with E-state index < -0.39 is 0 Å². The van der Waals surface area contributed by atoms with E-state index in [1.54, 1.807) is 0 Å². The summed E-state index contributed by atoms with van der Waals surface area (Å²) in [4.78, 5) is 2.44. The number of likely N-dealkylation sites (N-methyl/N-ethyl adjacent to an activating group) is 1. The first kappa shape index (κ1) is 7.02. The molecule has 2 saturated heterocycles. The van der Waals surface area contributed by atoms with E-state index in [4.69, 9.17) is 0 Å². The van der Waals surface area contributed by atoms with Crippen LogP contribution in [0.25, 0.3) is 0 Å². The molecule has 3 atom stereocenters. The van der Waals surface area contributed by atoms with Crippen molar-refractivity contribution in [3.63, 3.8) is 0 Å². The molecule has 0 aliphatic carbocycles. The molecule has 0 bridgehead atoms. The number of rotatable bonds is 0. The predicted molar refractivity (Wildman–Crippen MR) is 45.8 cm³/mol. The van der Waals surface area contributed by atoms with E-state index in [1.165, 1.54) is 26.1 Å². The van der Waals surface area contributed by atoms with Crippen molar-refractivity contribution in [3.05, 3.63) is 0 Å². The molecule has 0 N–H and O–H groups in total. The summed E-state index contributed by atoms with van der Waals surface area (Å²) in [6.45, 7) is 3.87. The Balaban J connectivity index is 2.05. The SMILES string of the molecule is CN1CC2CCN(P)C2C1. The molecule has 2 heterocycles. The van der Waals surface area contributed by atoms with Gasteiger partial charge in [0.1, 0.15) is 0 Å². The molecule has 0 radical (unpaired) electrons. The van der Waals surface area contributed by atoms with Gasteiger partial charge >= 0.3 is 0 Å². The summed E-state index contributed by atoms with van der Waals surface area (Å²) in [5.74, 6) is 0.961. The van der Waals surface area contributed by atoms with E-state index in [0.29, 0.717) is 0 Å². The minimum atomic E-state index is 0.843. The van der Waals surface area contributed by atoms with E-state index in [-0.39, 0.29) is 0 Å². The van der Waals surface area contributed by atoms with Crippen LogP contribution in [0.2, 0.25) is 0 Å². The van der Waals surface area contributed by atoms with Crippen LogP contribution in [0.4, 0.5) is 0 Å². The van der Waals surface area contributed by atoms with Crippen molar-refractivity contribution in [2.45, 2.75) is 12.5 Å². The van der Waals surface area contributed by atoms with Gasteiger partial charge in [0.2, 0.25) is 0 Å². The molecular weight excluding hydrogens is 143 g/mol. The third kappa shape index (κ3) is 0.990. The largest absolute Gasteiger partial charge is 0.304 e. The standard InChI is InChI=1S/C7H15N2P/c1-8-4-6-2-3-9(10)7(6)5-8/h6-7H,2-5,10H2,1H3. The Morgan fingerprint density at radius 1 is 1.40 bits per heavy atom. The van der Waals surface area contributed by atoms with Crippen LogP contribution >= 0.6 is 9.39 Å². The minimum absolute atomic E-state index is 0.843. The Morgan fingerprint density at radius 2 is 2.20 bits per heavy atom. The summed E-state index contributed by atoms with van der Waals surface area (Å²) in [6, 6.07) is 0.843. The monoisotopic (exact) mass is 158 g/mol. The van der Waals surface area contributed by atoms with Gasteiger partial charge in [-0.15, -0.1) is 0 Å². The van der Waals surface area contributed by atoms with Crippen LogP contribution in [0.1, 0.15) is 6.42 Å². The van der Waals surface area contributed by atoms with Gasteiger partial charge in [0.05, 0.1) is 0 Å². The zero-order chi connectivity index (χ0) is 7.14. The molecule has 0 aromatic rings. The van der Waals surface area contributed by atoms with Crippen LogP contribution in [-0.4, -0.2) is 42.3 Å². The first-order chi connectivity index (χ1) is 4.77. The lowest BCUT2D eigenvalue weighted by Gasteiger charge is -2.17. The summed E-state index contributed by atoms with van der Waals surface area (Å²) in [6.07, 6.45) is 1.40. The predicted octanol–water partition coefficient (Wildman–Crippen LogP) is 0.412. The molecule has 0 amide bonds. The molecule has 58 valence electrons. The smallest absolute Gasteiger partial charge is 0.0297 e. The highest BCUT2D eigenvalue weighted by Gasteiger charge is 2.37. The summed E-state index contributed by atoms with van der Waals surface area (Å²) in [5.41, 5.74) is 0. The highest BCUT2D eigenvalue weighted by molar-refractivity contribution is 7.13. The number of hydrogen-bond donors (Lipinski definition) is 0. The van der Waals surface area contributed by atoms with E-state index in [9.17, 15) is 0 Å². The molecule has 3 unspecified atom stereocenters. The molecule has 2 fully saturated rings. The Morgan fingerprint density at radius 3 is 2.90 bits per heavy atom. The second-order valence-corrected chi connectivity index (χ2v) is 4.24. The van der Waals surface area contributed by atoms with Crippen LogP contribution in [-0.2, 0) is 0 Å². The highest BCUT2D eigenvalue weighted by Crippen LogP contribution is 2.32. The van der Waals surface area contributed by atoms with Gasteiger partial charge in [-0.1, -0.05) is 9.39 Å². The quantitative estimate of drug-likeness (QED) is 0.471.